The molecule has 0 saturated heterocycles. The van der Waals surface area contributed by atoms with Crippen molar-refractivity contribution in [1.82, 2.24) is 0 Å². The number of nitrogens with one attached hydrogen (secondary N) is 2. The Labute approximate surface area is 124 Å². The molecule has 20 heavy (non-hydrogen) atoms. The Morgan fingerprint density at radius 1 is 1.00 bits per heavy atom. The van der Waals surface area contributed by atoms with E-state index in [0.717, 1.165) is 24.5 Å². The lowest BCUT2D eigenvalue weighted by Crippen LogP contribution is -2.14. The van der Waals surface area contributed by atoms with Gasteiger partial charge in [0.2, 0.25) is 0 Å². The minimum absolute atomic E-state index is 0.137. The third kappa shape index (κ3) is 3.87. The summed E-state index contributed by atoms with van der Waals surface area (Å²) >= 11 is 5.73. The van der Waals surface area contributed by atoms with Crippen LogP contribution < -0.4 is 10.6 Å². The molecule has 0 aromatic heterocycles. The molecule has 0 aliphatic carbocycles. The summed E-state index contributed by atoms with van der Waals surface area (Å²) in [4.78, 5) is 0. The molecule has 2 nitrogen and oxygen atoms in total. The fourth-order valence-corrected chi connectivity index (χ4v) is 2.12. The van der Waals surface area contributed by atoms with Gasteiger partial charge in [0.05, 0.1) is 5.02 Å². The highest BCUT2D eigenvalue weighted by Crippen LogP contribution is 2.19. The molecule has 2 aromatic carbocycles. The second-order valence-electron chi connectivity index (χ2n) is 4.80. The molecule has 2 rings (SSSR count). The number of hydrogen-bond donors (Lipinski definition) is 2. The molecule has 0 spiro atoms. The molecule has 2 N–H and O–H groups in total. The molecule has 0 unspecified atom stereocenters. The van der Waals surface area contributed by atoms with Crippen molar-refractivity contribution < 1.29 is 4.39 Å². The molecule has 2 aromatic rings. The van der Waals surface area contributed by atoms with Gasteiger partial charge in [-0.25, -0.2) is 4.39 Å². The van der Waals surface area contributed by atoms with Gasteiger partial charge in [-0.2, -0.15) is 0 Å². The number of rotatable bonds is 5. The van der Waals surface area contributed by atoms with E-state index in [1.54, 1.807) is 12.1 Å². The van der Waals surface area contributed by atoms with Gasteiger partial charge in [-0.15, -0.1) is 0 Å². The monoisotopic (exact) mass is 292 g/mol. The van der Waals surface area contributed by atoms with Crippen LogP contribution in [0.25, 0.3) is 0 Å². The van der Waals surface area contributed by atoms with Gasteiger partial charge in [0.25, 0.3) is 0 Å². The summed E-state index contributed by atoms with van der Waals surface area (Å²) in [6.45, 7) is 5.66. The highest BCUT2D eigenvalue weighted by Gasteiger charge is 2.01. The SMILES string of the molecule is Cc1ccc(C)c(NCCNc2ccc(F)c(Cl)c2)c1. The molecular formula is C16H18ClFN2. The number of benzene rings is 2. The van der Waals surface area contributed by atoms with Crippen molar-refractivity contribution in [2.45, 2.75) is 13.8 Å². The van der Waals surface area contributed by atoms with Crippen molar-refractivity contribution in [3.8, 4) is 0 Å². The van der Waals surface area contributed by atoms with Gasteiger partial charge < -0.3 is 10.6 Å². The van der Waals surface area contributed by atoms with Crippen LogP contribution >= 0.6 is 11.6 Å². The van der Waals surface area contributed by atoms with E-state index in [1.807, 2.05) is 0 Å². The number of anilines is 2. The number of halogens is 2. The van der Waals surface area contributed by atoms with Gasteiger partial charge in [0.15, 0.2) is 0 Å². The second kappa shape index (κ2) is 6.62. The first kappa shape index (κ1) is 14.7. The molecule has 0 amide bonds. The van der Waals surface area contributed by atoms with Gasteiger partial charge >= 0.3 is 0 Å². The Bertz CT molecular complexity index is 599. The van der Waals surface area contributed by atoms with Crippen LogP contribution in [0, 0.1) is 19.7 Å². The Kier molecular flexibility index (Phi) is 4.85. The normalized spacial score (nSPS) is 10.4. The maximum Gasteiger partial charge on any atom is 0.141 e. The zero-order chi connectivity index (χ0) is 14.5. The van der Waals surface area contributed by atoms with Crippen molar-refractivity contribution in [3.05, 3.63) is 58.4 Å². The average molecular weight is 293 g/mol. The first-order chi connectivity index (χ1) is 9.56. The van der Waals surface area contributed by atoms with E-state index < -0.39 is 5.82 Å². The minimum Gasteiger partial charge on any atom is -0.383 e. The summed E-state index contributed by atoms with van der Waals surface area (Å²) in [5, 5.41) is 6.72. The van der Waals surface area contributed by atoms with Gasteiger partial charge in [-0.3, -0.25) is 0 Å². The first-order valence-corrected chi connectivity index (χ1v) is 6.94. The largest absolute Gasteiger partial charge is 0.383 e. The Morgan fingerprint density at radius 2 is 1.75 bits per heavy atom. The highest BCUT2D eigenvalue weighted by molar-refractivity contribution is 6.31. The van der Waals surface area contributed by atoms with Crippen LogP contribution in [0.5, 0.6) is 0 Å². The van der Waals surface area contributed by atoms with Crippen molar-refractivity contribution in [1.29, 1.82) is 0 Å². The molecule has 0 bridgehead atoms. The third-order valence-corrected chi connectivity index (χ3v) is 3.37. The molecule has 0 radical (unpaired) electrons. The molecule has 0 heterocycles. The smallest absolute Gasteiger partial charge is 0.141 e. The fraction of sp³-hybridized carbons (Fsp3) is 0.250. The van der Waals surface area contributed by atoms with Crippen LogP contribution in [0.1, 0.15) is 11.1 Å². The standard InChI is InChI=1S/C16H18ClFN2/c1-11-3-4-12(2)16(9-11)20-8-7-19-13-5-6-15(18)14(17)10-13/h3-6,9-10,19-20H,7-8H2,1-2H3. The predicted octanol–water partition coefficient (Wildman–Crippen LogP) is 4.62. The summed E-state index contributed by atoms with van der Waals surface area (Å²) in [6, 6.07) is 11.0. The lowest BCUT2D eigenvalue weighted by Gasteiger charge is -2.12. The van der Waals surface area contributed by atoms with E-state index in [-0.39, 0.29) is 5.02 Å². The first-order valence-electron chi connectivity index (χ1n) is 6.56. The van der Waals surface area contributed by atoms with Crippen molar-refractivity contribution in [2.75, 3.05) is 23.7 Å². The van der Waals surface area contributed by atoms with E-state index in [2.05, 4.69) is 42.7 Å². The Morgan fingerprint density at radius 3 is 2.50 bits per heavy atom. The second-order valence-corrected chi connectivity index (χ2v) is 5.21. The van der Waals surface area contributed by atoms with Crippen LogP contribution in [0.3, 0.4) is 0 Å². The lowest BCUT2D eigenvalue weighted by molar-refractivity contribution is 0.628. The van der Waals surface area contributed by atoms with Gasteiger partial charge in [-0.1, -0.05) is 23.7 Å². The number of hydrogen-bond acceptors (Lipinski definition) is 2. The van der Waals surface area contributed by atoms with Gasteiger partial charge in [0.1, 0.15) is 5.82 Å². The van der Waals surface area contributed by atoms with E-state index in [0.29, 0.717) is 0 Å². The summed E-state index contributed by atoms with van der Waals surface area (Å²) in [7, 11) is 0. The summed E-state index contributed by atoms with van der Waals surface area (Å²) in [5.41, 5.74) is 4.42. The van der Waals surface area contributed by atoms with Crippen molar-refractivity contribution in [3.63, 3.8) is 0 Å². The zero-order valence-corrected chi connectivity index (χ0v) is 12.4. The molecule has 106 valence electrons. The van der Waals surface area contributed by atoms with Gasteiger partial charge in [0, 0.05) is 24.5 Å². The molecule has 0 fully saturated rings. The van der Waals surface area contributed by atoms with Crippen LogP contribution in [0.4, 0.5) is 15.8 Å². The van der Waals surface area contributed by atoms with E-state index in [1.165, 1.54) is 17.2 Å². The lowest BCUT2D eigenvalue weighted by atomic mass is 10.1. The average Bonchev–Trinajstić information content (AvgIpc) is 2.42. The van der Waals surface area contributed by atoms with Crippen LogP contribution in [-0.2, 0) is 0 Å². The zero-order valence-electron chi connectivity index (χ0n) is 11.6. The fourth-order valence-electron chi connectivity index (χ4n) is 1.94. The van der Waals surface area contributed by atoms with Crippen molar-refractivity contribution >= 4 is 23.0 Å². The topological polar surface area (TPSA) is 24.1 Å². The third-order valence-electron chi connectivity index (χ3n) is 3.08. The molecule has 0 atom stereocenters. The van der Waals surface area contributed by atoms with E-state index >= 15 is 0 Å². The summed E-state index contributed by atoms with van der Waals surface area (Å²) in [6.07, 6.45) is 0. The van der Waals surface area contributed by atoms with Crippen LogP contribution in [0.15, 0.2) is 36.4 Å². The maximum atomic E-state index is 13.0. The van der Waals surface area contributed by atoms with Crippen LogP contribution in [-0.4, -0.2) is 13.1 Å². The highest BCUT2D eigenvalue weighted by atomic mass is 35.5. The predicted molar refractivity (Wildman–Crippen MR) is 84.3 cm³/mol. The quantitative estimate of drug-likeness (QED) is 0.786. The van der Waals surface area contributed by atoms with Crippen molar-refractivity contribution in [2.24, 2.45) is 0 Å². The number of aryl methyl sites for hydroxylation is 2. The van der Waals surface area contributed by atoms with Crippen LogP contribution in [0.2, 0.25) is 5.02 Å². The molecule has 4 heteroatoms. The van der Waals surface area contributed by atoms with E-state index in [4.69, 9.17) is 11.6 Å². The molecular weight excluding hydrogens is 275 g/mol. The molecule has 0 aliphatic rings. The summed E-state index contributed by atoms with van der Waals surface area (Å²) in [5.74, 6) is -0.397. The van der Waals surface area contributed by atoms with Gasteiger partial charge in [-0.05, 0) is 49.2 Å². The minimum atomic E-state index is -0.397. The Balaban J connectivity index is 1.84. The van der Waals surface area contributed by atoms with E-state index in [9.17, 15) is 4.39 Å². The molecule has 0 aliphatic heterocycles. The maximum absolute atomic E-state index is 13.0. The Hall–Kier alpha value is -1.74. The summed E-state index contributed by atoms with van der Waals surface area (Å²) < 4.78 is 13.0. The molecule has 0 saturated carbocycles.